The molecule has 0 amide bonds. The van der Waals surface area contributed by atoms with Gasteiger partial charge in [0.2, 0.25) is 5.06 Å². The fourth-order valence-electron chi connectivity index (χ4n) is 0.462. The molecule has 0 aliphatic carbocycles. The highest BCUT2D eigenvalue weighted by atomic mass is 35.5. The van der Waals surface area contributed by atoms with Crippen LogP contribution in [0.3, 0.4) is 0 Å². The number of rotatable bonds is 1. The van der Waals surface area contributed by atoms with Crippen LogP contribution in [0.5, 0.6) is 5.06 Å². The van der Waals surface area contributed by atoms with Crippen molar-refractivity contribution in [3.63, 3.8) is 0 Å². The molecule has 0 aromatic carbocycles. The summed E-state index contributed by atoms with van der Waals surface area (Å²) in [4.78, 5) is 14.0. The summed E-state index contributed by atoms with van der Waals surface area (Å²) >= 11 is 6.20. The van der Waals surface area contributed by atoms with E-state index in [2.05, 4.69) is 9.72 Å². The minimum atomic E-state index is -0.827. The molecule has 0 radical (unpaired) electrons. The zero-order valence-electron chi connectivity index (χ0n) is 5.13. The molecule has 0 aliphatic heterocycles. The molecule has 0 atom stereocenters. The highest BCUT2D eigenvalue weighted by Crippen LogP contribution is 2.22. The van der Waals surface area contributed by atoms with Gasteiger partial charge in [-0.3, -0.25) is 0 Å². The Morgan fingerprint density at radius 3 is 3.00 bits per heavy atom. The van der Waals surface area contributed by atoms with Gasteiger partial charge in [-0.1, -0.05) is 11.3 Å². The standard InChI is InChI=1S/C5H4ClNO2S/c1-3-4(9-5(6)8)10-2-7-3/h2H,1H3. The Balaban J connectivity index is 2.74. The second kappa shape index (κ2) is 2.98. The SMILES string of the molecule is Cc1ncsc1OC(=O)Cl. The highest BCUT2D eigenvalue weighted by Gasteiger charge is 2.05. The molecule has 54 valence electrons. The van der Waals surface area contributed by atoms with Crippen LogP contribution in [0.25, 0.3) is 0 Å². The smallest absolute Gasteiger partial charge is 0.401 e. The van der Waals surface area contributed by atoms with E-state index in [9.17, 15) is 4.79 Å². The van der Waals surface area contributed by atoms with E-state index in [0.717, 1.165) is 0 Å². The topological polar surface area (TPSA) is 39.2 Å². The van der Waals surface area contributed by atoms with Crippen molar-refractivity contribution in [2.24, 2.45) is 0 Å². The summed E-state index contributed by atoms with van der Waals surface area (Å²) in [7, 11) is 0. The van der Waals surface area contributed by atoms with Crippen LogP contribution in [0.1, 0.15) is 5.69 Å². The van der Waals surface area contributed by atoms with E-state index in [1.807, 2.05) is 0 Å². The lowest BCUT2D eigenvalue weighted by atomic mass is 10.6. The fraction of sp³-hybridized carbons (Fsp3) is 0.200. The van der Waals surface area contributed by atoms with Crippen LogP contribution in [0.2, 0.25) is 0 Å². The predicted molar refractivity (Wildman–Crippen MR) is 38.7 cm³/mol. The predicted octanol–water partition coefficient (Wildman–Crippen LogP) is 2.19. The minimum absolute atomic E-state index is 0.458. The maximum atomic E-state index is 10.2. The molecule has 0 unspecified atom stereocenters. The lowest BCUT2D eigenvalue weighted by Crippen LogP contribution is -1.94. The van der Waals surface area contributed by atoms with E-state index < -0.39 is 5.43 Å². The number of nitrogens with zero attached hydrogens (tertiary/aromatic N) is 1. The number of carbonyl (C=O) groups excluding carboxylic acids is 1. The van der Waals surface area contributed by atoms with Crippen molar-refractivity contribution >= 4 is 28.4 Å². The molecule has 1 aromatic rings. The first kappa shape index (κ1) is 7.50. The number of hydrogen-bond donors (Lipinski definition) is 0. The van der Waals surface area contributed by atoms with Crippen LogP contribution in [-0.2, 0) is 0 Å². The molecule has 0 saturated heterocycles. The second-order valence-corrected chi connectivity index (χ2v) is 2.69. The first-order valence-electron chi connectivity index (χ1n) is 2.47. The third-order valence-electron chi connectivity index (χ3n) is 0.874. The molecule has 0 saturated carbocycles. The Hall–Kier alpha value is -0.610. The van der Waals surface area contributed by atoms with Crippen LogP contribution >= 0.6 is 22.9 Å². The molecule has 0 spiro atoms. The molecule has 0 fully saturated rings. The summed E-state index contributed by atoms with van der Waals surface area (Å²) in [5, 5.41) is 0.458. The summed E-state index contributed by atoms with van der Waals surface area (Å²) < 4.78 is 4.57. The second-order valence-electron chi connectivity index (χ2n) is 1.56. The van der Waals surface area contributed by atoms with Crippen molar-refractivity contribution in [3.05, 3.63) is 11.2 Å². The van der Waals surface area contributed by atoms with Crippen molar-refractivity contribution in [1.82, 2.24) is 4.98 Å². The van der Waals surface area contributed by atoms with Crippen LogP contribution in [0.4, 0.5) is 4.79 Å². The lowest BCUT2D eigenvalue weighted by molar-refractivity contribution is 0.226. The van der Waals surface area contributed by atoms with Gasteiger partial charge < -0.3 is 4.74 Å². The third kappa shape index (κ3) is 1.68. The van der Waals surface area contributed by atoms with E-state index in [1.165, 1.54) is 11.3 Å². The maximum Gasteiger partial charge on any atom is 0.410 e. The van der Waals surface area contributed by atoms with Gasteiger partial charge in [0.15, 0.2) is 0 Å². The van der Waals surface area contributed by atoms with Gasteiger partial charge in [0, 0.05) is 11.6 Å². The van der Waals surface area contributed by atoms with Gasteiger partial charge >= 0.3 is 5.43 Å². The van der Waals surface area contributed by atoms with Gasteiger partial charge in [0.25, 0.3) is 0 Å². The third-order valence-corrected chi connectivity index (χ3v) is 1.76. The molecule has 0 bridgehead atoms. The van der Waals surface area contributed by atoms with Gasteiger partial charge in [0.1, 0.15) is 0 Å². The largest absolute Gasteiger partial charge is 0.410 e. The number of ether oxygens (including phenoxy) is 1. The Bertz CT molecular complexity index is 248. The Kier molecular flexibility index (Phi) is 2.24. The zero-order valence-corrected chi connectivity index (χ0v) is 6.70. The summed E-state index contributed by atoms with van der Waals surface area (Å²) in [5.41, 5.74) is 1.44. The normalized spacial score (nSPS) is 9.40. The zero-order chi connectivity index (χ0) is 7.56. The van der Waals surface area contributed by atoms with Crippen molar-refractivity contribution in [2.75, 3.05) is 0 Å². The summed E-state index contributed by atoms with van der Waals surface area (Å²) in [5.74, 6) is 0. The molecule has 3 nitrogen and oxygen atoms in total. The average molecular weight is 178 g/mol. The molecule has 0 N–H and O–H groups in total. The van der Waals surface area contributed by atoms with E-state index in [1.54, 1.807) is 12.4 Å². The van der Waals surface area contributed by atoms with Gasteiger partial charge in [-0.2, -0.15) is 0 Å². The highest BCUT2D eigenvalue weighted by molar-refractivity contribution is 7.11. The number of aromatic nitrogens is 1. The Morgan fingerprint density at radius 1 is 1.90 bits per heavy atom. The molecule has 10 heavy (non-hydrogen) atoms. The van der Waals surface area contributed by atoms with Crippen molar-refractivity contribution in [1.29, 1.82) is 0 Å². The fourth-order valence-corrected chi connectivity index (χ4v) is 1.24. The first-order valence-corrected chi connectivity index (χ1v) is 3.73. The minimum Gasteiger partial charge on any atom is -0.401 e. The Morgan fingerprint density at radius 2 is 2.60 bits per heavy atom. The molecule has 1 aromatic heterocycles. The van der Waals surface area contributed by atoms with Crippen molar-refractivity contribution in [2.45, 2.75) is 6.92 Å². The number of carbonyl (C=O) groups is 1. The molecule has 1 heterocycles. The summed E-state index contributed by atoms with van der Waals surface area (Å²) in [6.07, 6.45) is 0. The Labute approximate surface area is 66.6 Å². The van der Waals surface area contributed by atoms with Gasteiger partial charge in [0.05, 0.1) is 11.2 Å². The summed E-state index contributed by atoms with van der Waals surface area (Å²) in [6, 6.07) is 0. The van der Waals surface area contributed by atoms with E-state index in [0.29, 0.717) is 10.8 Å². The quantitative estimate of drug-likeness (QED) is 0.618. The van der Waals surface area contributed by atoms with Crippen LogP contribution < -0.4 is 4.74 Å². The van der Waals surface area contributed by atoms with Crippen LogP contribution in [0, 0.1) is 6.92 Å². The van der Waals surface area contributed by atoms with E-state index >= 15 is 0 Å². The van der Waals surface area contributed by atoms with Crippen molar-refractivity contribution in [3.8, 4) is 5.06 Å². The number of aryl methyl sites for hydroxylation is 1. The number of hydrogen-bond acceptors (Lipinski definition) is 4. The molecular formula is C5H4ClNO2S. The van der Waals surface area contributed by atoms with Crippen molar-refractivity contribution < 1.29 is 9.53 Å². The van der Waals surface area contributed by atoms with E-state index in [4.69, 9.17) is 11.6 Å². The first-order chi connectivity index (χ1) is 4.70. The molecule has 0 aliphatic rings. The van der Waals surface area contributed by atoms with Gasteiger partial charge in [-0.25, -0.2) is 9.78 Å². The average Bonchev–Trinajstić information content (AvgIpc) is 2.15. The molecular weight excluding hydrogens is 174 g/mol. The maximum absolute atomic E-state index is 10.2. The lowest BCUT2D eigenvalue weighted by Gasteiger charge is -1.92. The molecule has 1 rings (SSSR count). The number of thiazole rings is 1. The molecule has 5 heteroatoms. The van der Waals surface area contributed by atoms with Crippen LogP contribution in [0.15, 0.2) is 5.51 Å². The van der Waals surface area contributed by atoms with E-state index in [-0.39, 0.29) is 0 Å². The van der Waals surface area contributed by atoms with Gasteiger partial charge in [-0.15, -0.1) is 0 Å². The summed E-state index contributed by atoms with van der Waals surface area (Å²) in [6.45, 7) is 1.74. The number of halogens is 1. The van der Waals surface area contributed by atoms with Crippen LogP contribution in [-0.4, -0.2) is 10.4 Å². The monoisotopic (exact) mass is 177 g/mol. The van der Waals surface area contributed by atoms with Gasteiger partial charge in [-0.05, 0) is 6.92 Å².